The molecule has 2 N–H and O–H groups in total. The van der Waals surface area contributed by atoms with Crippen molar-refractivity contribution in [3.63, 3.8) is 0 Å². The minimum absolute atomic E-state index is 0. The lowest BCUT2D eigenvalue weighted by molar-refractivity contribution is 0.0742. The number of carbonyl (C=O) groups is 1. The molecule has 2 unspecified atom stereocenters. The molecule has 2 atom stereocenters. The lowest BCUT2D eigenvalue weighted by atomic mass is 10.1. The lowest BCUT2D eigenvalue weighted by Gasteiger charge is -2.23. The summed E-state index contributed by atoms with van der Waals surface area (Å²) >= 11 is 0. The van der Waals surface area contributed by atoms with Crippen LogP contribution in [-0.4, -0.2) is 56.0 Å². The summed E-state index contributed by atoms with van der Waals surface area (Å²) in [5.41, 5.74) is 4.33. The number of nitrogens with one attached hydrogen (secondary N) is 2. The Balaban J connectivity index is 0.00000182. The number of aromatic nitrogens is 4. The summed E-state index contributed by atoms with van der Waals surface area (Å²) in [5.74, 6) is 0.0438. The van der Waals surface area contributed by atoms with Crippen molar-refractivity contribution < 1.29 is 4.79 Å². The fourth-order valence-corrected chi connectivity index (χ4v) is 4.00. The largest absolute Gasteiger partial charge is 0.336 e. The number of hydrogen-bond acceptors (Lipinski definition) is 4. The van der Waals surface area contributed by atoms with Crippen molar-refractivity contribution in [2.24, 2.45) is 7.05 Å². The average molecular weight is 365 g/mol. The highest BCUT2D eigenvalue weighted by Gasteiger charge is 2.32. The number of nitrogens with zero attached hydrogens (tertiary/aromatic N) is 4. The quantitative estimate of drug-likeness (QED) is 0.851. The Bertz CT molecular complexity index is 782. The second-order valence-electron chi connectivity index (χ2n) is 7.01. The molecule has 2 aliphatic rings. The van der Waals surface area contributed by atoms with Crippen LogP contribution in [0.25, 0.3) is 11.3 Å². The molecule has 4 rings (SSSR count). The number of H-pyrrole nitrogens is 1. The van der Waals surface area contributed by atoms with E-state index in [1.54, 1.807) is 0 Å². The molecule has 1 amide bonds. The Morgan fingerprint density at radius 3 is 2.72 bits per heavy atom. The smallest absolute Gasteiger partial charge is 0.271 e. The van der Waals surface area contributed by atoms with Gasteiger partial charge in [-0.2, -0.15) is 10.2 Å². The molecule has 136 valence electrons. The number of halogens is 1. The summed E-state index contributed by atoms with van der Waals surface area (Å²) in [6, 6.07) is 2.87. The number of aromatic amines is 1. The van der Waals surface area contributed by atoms with Gasteiger partial charge in [0.15, 0.2) is 0 Å². The predicted octanol–water partition coefficient (Wildman–Crippen LogP) is 1.82. The molecule has 0 radical (unpaired) electrons. The van der Waals surface area contributed by atoms with E-state index in [9.17, 15) is 4.79 Å². The van der Waals surface area contributed by atoms with Crippen LogP contribution in [0.5, 0.6) is 0 Å². The number of aryl methyl sites for hydroxylation is 2. The SMILES string of the molecule is Cc1nn(C)c(C)c1-c1cc(C(=O)N2CCC3CCC(C2)N3)[nH]n1.Cl. The van der Waals surface area contributed by atoms with Crippen molar-refractivity contribution in [2.75, 3.05) is 13.1 Å². The molecule has 7 nitrogen and oxygen atoms in total. The maximum Gasteiger partial charge on any atom is 0.271 e. The first-order valence-electron chi connectivity index (χ1n) is 8.64. The fourth-order valence-electron chi connectivity index (χ4n) is 4.00. The second-order valence-corrected chi connectivity index (χ2v) is 7.01. The third-order valence-electron chi connectivity index (χ3n) is 5.38. The minimum Gasteiger partial charge on any atom is -0.336 e. The number of rotatable bonds is 2. The maximum atomic E-state index is 12.9. The monoisotopic (exact) mass is 364 g/mol. The van der Waals surface area contributed by atoms with Crippen LogP contribution in [0.4, 0.5) is 0 Å². The Morgan fingerprint density at radius 2 is 2.00 bits per heavy atom. The van der Waals surface area contributed by atoms with Crippen molar-refractivity contribution >= 4 is 18.3 Å². The molecule has 8 heteroatoms. The van der Waals surface area contributed by atoms with E-state index in [1.807, 2.05) is 36.5 Å². The third-order valence-corrected chi connectivity index (χ3v) is 5.38. The molecule has 25 heavy (non-hydrogen) atoms. The Morgan fingerprint density at radius 1 is 1.24 bits per heavy atom. The summed E-state index contributed by atoms with van der Waals surface area (Å²) in [6.07, 6.45) is 3.43. The van der Waals surface area contributed by atoms with Crippen molar-refractivity contribution in [3.05, 3.63) is 23.1 Å². The lowest BCUT2D eigenvalue weighted by Crippen LogP contribution is -2.39. The van der Waals surface area contributed by atoms with Gasteiger partial charge in [0.2, 0.25) is 0 Å². The molecule has 0 aromatic carbocycles. The van der Waals surface area contributed by atoms with Crippen molar-refractivity contribution in [1.29, 1.82) is 0 Å². The number of amides is 1. The molecule has 2 aromatic heterocycles. The van der Waals surface area contributed by atoms with Gasteiger partial charge in [0.25, 0.3) is 5.91 Å². The highest BCUT2D eigenvalue weighted by atomic mass is 35.5. The molecule has 0 aliphatic carbocycles. The van der Waals surface area contributed by atoms with E-state index < -0.39 is 0 Å². The molecule has 0 saturated carbocycles. The molecule has 2 aliphatic heterocycles. The van der Waals surface area contributed by atoms with E-state index in [0.717, 1.165) is 48.6 Å². The van der Waals surface area contributed by atoms with Gasteiger partial charge in [-0.15, -0.1) is 12.4 Å². The van der Waals surface area contributed by atoms with Crippen LogP contribution in [-0.2, 0) is 7.05 Å². The summed E-state index contributed by atoms with van der Waals surface area (Å²) in [4.78, 5) is 14.8. The number of carbonyl (C=O) groups excluding carboxylic acids is 1. The summed E-state index contributed by atoms with van der Waals surface area (Å²) in [6.45, 7) is 5.58. The molecule has 2 saturated heterocycles. The Labute approximate surface area is 153 Å². The van der Waals surface area contributed by atoms with E-state index in [2.05, 4.69) is 20.6 Å². The van der Waals surface area contributed by atoms with Crippen molar-refractivity contribution in [3.8, 4) is 11.3 Å². The van der Waals surface area contributed by atoms with Crippen molar-refractivity contribution in [1.82, 2.24) is 30.2 Å². The molecule has 2 aromatic rings. The van der Waals surface area contributed by atoms with E-state index >= 15 is 0 Å². The Hall–Kier alpha value is -1.86. The molecule has 2 fully saturated rings. The van der Waals surface area contributed by atoms with Crippen LogP contribution in [0.1, 0.15) is 41.1 Å². The fraction of sp³-hybridized carbons (Fsp3) is 0.588. The van der Waals surface area contributed by atoms with Crippen LogP contribution >= 0.6 is 12.4 Å². The van der Waals surface area contributed by atoms with E-state index in [0.29, 0.717) is 17.8 Å². The van der Waals surface area contributed by atoms with Gasteiger partial charge in [-0.25, -0.2) is 0 Å². The molecular formula is C17H25ClN6O. The predicted molar refractivity (Wildman–Crippen MR) is 98.0 cm³/mol. The standard InChI is InChI=1S/C17H24N6O.ClH/c1-10-16(11(2)22(3)21-10)14-8-15(20-19-14)17(24)23-7-6-12-4-5-13(9-23)18-12;/h8,12-13,18H,4-7,9H2,1-3H3,(H,19,20);1H. The summed E-state index contributed by atoms with van der Waals surface area (Å²) in [5, 5.41) is 15.3. The van der Waals surface area contributed by atoms with Crippen LogP contribution in [0.2, 0.25) is 0 Å². The van der Waals surface area contributed by atoms with Crippen LogP contribution < -0.4 is 5.32 Å². The summed E-state index contributed by atoms with van der Waals surface area (Å²) in [7, 11) is 1.92. The molecule has 2 bridgehead atoms. The molecular weight excluding hydrogens is 340 g/mol. The van der Waals surface area contributed by atoms with Gasteiger partial charge in [-0.3, -0.25) is 14.6 Å². The van der Waals surface area contributed by atoms with Gasteiger partial charge >= 0.3 is 0 Å². The number of likely N-dealkylation sites (tertiary alicyclic amines) is 1. The van der Waals surface area contributed by atoms with Gasteiger partial charge in [0.05, 0.1) is 11.4 Å². The zero-order chi connectivity index (χ0) is 16.8. The van der Waals surface area contributed by atoms with E-state index in [-0.39, 0.29) is 18.3 Å². The van der Waals surface area contributed by atoms with Crippen LogP contribution in [0.3, 0.4) is 0 Å². The van der Waals surface area contributed by atoms with E-state index in [1.165, 1.54) is 6.42 Å². The first kappa shape index (κ1) is 17.9. The van der Waals surface area contributed by atoms with Gasteiger partial charge in [0.1, 0.15) is 5.69 Å². The second kappa shape index (κ2) is 6.80. The molecule has 0 spiro atoms. The zero-order valence-corrected chi connectivity index (χ0v) is 15.7. The first-order valence-corrected chi connectivity index (χ1v) is 8.64. The van der Waals surface area contributed by atoms with Gasteiger partial charge < -0.3 is 10.2 Å². The van der Waals surface area contributed by atoms with Gasteiger partial charge in [-0.1, -0.05) is 0 Å². The third kappa shape index (κ3) is 3.18. The molecule has 4 heterocycles. The Kier molecular flexibility index (Phi) is 4.88. The minimum atomic E-state index is 0. The summed E-state index contributed by atoms with van der Waals surface area (Å²) < 4.78 is 1.85. The topological polar surface area (TPSA) is 78.8 Å². The highest BCUT2D eigenvalue weighted by molar-refractivity contribution is 5.93. The normalized spacial score (nSPS) is 22.6. The first-order chi connectivity index (χ1) is 11.5. The highest BCUT2D eigenvalue weighted by Crippen LogP contribution is 2.26. The van der Waals surface area contributed by atoms with E-state index in [4.69, 9.17) is 0 Å². The maximum absolute atomic E-state index is 12.9. The number of hydrogen-bond donors (Lipinski definition) is 2. The average Bonchev–Trinajstić information content (AvgIpc) is 3.19. The van der Waals surface area contributed by atoms with Gasteiger partial charge in [0, 0.05) is 43.5 Å². The van der Waals surface area contributed by atoms with Gasteiger partial charge in [-0.05, 0) is 39.2 Å². The van der Waals surface area contributed by atoms with Crippen molar-refractivity contribution in [2.45, 2.75) is 45.2 Å². The zero-order valence-electron chi connectivity index (χ0n) is 14.9. The number of fused-ring (bicyclic) bond motifs is 2. The van der Waals surface area contributed by atoms with Crippen LogP contribution in [0, 0.1) is 13.8 Å². The van der Waals surface area contributed by atoms with Crippen LogP contribution in [0.15, 0.2) is 6.07 Å².